The van der Waals surface area contributed by atoms with Gasteiger partial charge in [0, 0.05) is 11.4 Å². The third kappa shape index (κ3) is 5.29. The summed E-state index contributed by atoms with van der Waals surface area (Å²) < 4.78 is 21.3. The zero-order valence-electron chi connectivity index (χ0n) is 16.4. The van der Waals surface area contributed by atoms with E-state index < -0.39 is 5.82 Å². The van der Waals surface area contributed by atoms with Crippen molar-refractivity contribution >= 4 is 23.4 Å². The van der Waals surface area contributed by atoms with Gasteiger partial charge in [0.05, 0.1) is 5.75 Å². The monoisotopic (exact) mass is 434 g/mol. The fourth-order valence-corrected chi connectivity index (χ4v) is 3.65. The molecule has 1 N–H and O–H groups in total. The number of nitrogens with one attached hydrogen (secondary N) is 1. The molecule has 1 aromatic heterocycles. The maximum absolute atomic E-state index is 13.9. The van der Waals surface area contributed by atoms with E-state index in [-0.39, 0.29) is 24.0 Å². The van der Waals surface area contributed by atoms with Gasteiger partial charge >= 0.3 is 0 Å². The van der Waals surface area contributed by atoms with Gasteiger partial charge in [-0.2, -0.15) is 0 Å². The van der Waals surface area contributed by atoms with Crippen LogP contribution in [0.15, 0.2) is 90.1 Å². The van der Waals surface area contributed by atoms with Gasteiger partial charge in [-0.1, -0.05) is 60.3 Å². The summed E-state index contributed by atoms with van der Waals surface area (Å²) in [6.45, 7) is 0.0274. The van der Waals surface area contributed by atoms with Crippen LogP contribution in [0.4, 0.5) is 10.1 Å². The van der Waals surface area contributed by atoms with E-state index in [0.717, 1.165) is 11.4 Å². The van der Waals surface area contributed by atoms with Crippen LogP contribution in [0.3, 0.4) is 0 Å². The highest BCUT2D eigenvalue weighted by atomic mass is 32.2. The Morgan fingerprint density at radius 1 is 0.935 bits per heavy atom. The first kappa shape index (κ1) is 20.6. The molecule has 0 saturated carbocycles. The highest BCUT2D eigenvalue weighted by Crippen LogP contribution is 2.24. The quantitative estimate of drug-likeness (QED) is 0.407. The Kier molecular flexibility index (Phi) is 6.59. The van der Waals surface area contributed by atoms with Crippen molar-refractivity contribution in [1.29, 1.82) is 0 Å². The molecule has 4 aromatic rings. The van der Waals surface area contributed by atoms with Crippen molar-refractivity contribution in [1.82, 2.24) is 14.8 Å². The topological polar surface area (TPSA) is 69.0 Å². The third-order valence-electron chi connectivity index (χ3n) is 4.30. The van der Waals surface area contributed by atoms with Gasteiger partial charge in [0.25, 0.3) is 0 Å². The molecule has 1 heterocycles. The van der Waals surface area contributed by atoms with Gasteiger partial charge < -0.3 is 10.1 Å². The minimum atomic E-state index is -0.444. The van der Waals surface area contributed by atoms with Crippen molar-refractivity contribution in [2.24, 2.45) is 0 Å². The van der Waals surface area contributed by atoms with Crippen LogP contribution in [0.5, 0.6) is 5.75 Å². The number of amides is 1. The van der Waals surface area contributed by atoms with Crippen molar-refractivity contribution in [3.8, 4) is 11.4 Å². The first-order valence-corrected chi connectivity index (χ1v) is 10.5. The molecule has 0 atom stereocenters. The van der Waals surface area contributed by atoms with Crippen molar-refractivity contribution in [2.45, 2.75) is 11.8 Å². The standard InChI is InChI=1S/C23H19FN4O2S/c24-19-13-7-8-14-20(19)30-15-21-26-27-23(28(21)18-11-5-2-6-12-18)31-16-22(29)25-17-9-3-1-4-10-17/h1-14H,15-16H2,(H,25,29). The summed E-state index contributed by atoms with van der Waals surface area (Å²) >= 11 is 1.26. The number of rotatable bonds is 8. The lowest BCUT2D eigenvalue weighted by molar-refractivity contribution is -0.113. The molecule has 0 spiro atoms. The summed E-state index contributed by atoms with van der Waals surface area (Å²) in [5.74, 6) is 0.207. The molecule has 4 rings (SSSR count). The van der Waals surface area contributed by atoms with Gasteiger partial charge in [0.15, 0.2) is 22.5 Å². The number of hydrogen-bond donors (Lipinski definition) is 1. The Balaban J connectivity index is 1.51. The molecule has 1 amide bonds. The lowest BCUT2D eigenvalue weighted by Gasteiger charge is -2.11. The number of thioether (sulfide) groups is 1. The molecular formula is C23H19FN4O2S. The Morgan fingerprint density at radius 2 is 1.61 bits per heavy atom. The molecule has 0 aliphatic heterocycles. The van der Waals surface area contributed by atoms with E-state index >= 15 is 0 Å². The average molecular weight is 434 g/mol. The fourth-order valence-electron chi connectivity index (χ4n) is 2.88. The maximum Gasteiger partial charge on any atom is 0.234 e. The van der Waals surface area contributed by atoms with Crippen LogP contribution in [0.2, 0.25) is 0 Å². The third-order valence-corrected chi connectivity index (χ3v) is 5.23. The average Bonchev–Trinajstić information content (AvgIpc) is 3.21. The number of carbonyl (C=O) groups is 1. The molecule has 156 valence electrons. The largest absolute Gasteiger partial charge is 0.483 e. The molecule has 0 unspecified atom stereocenters. The van der Waals surface area contributed by atoms with E-state index in [1.165, 1.54) is 17.8 Å². The van der Waals surface area contributed by atoms with E-state index in [2.05, 4.69) is 15.5 Å². The lowest BCUT2D eigenvalue weighted by Crippen LogP contribution is -2.14. The van der Waals surface area contributed by atoms with Crippen LogP contribution in [0.25, 0.3) is 5.69 Å². The Morgan fingerprint density at radius 3 is 2.35 bits per heavy atom. The summed E-state index contributed by atoms with van der Waals surface area (Å²) in [6, 6.07) is 25.0. The molecule has 0 fully saturated rings. The minimum Gasteiger partial charge on any atom is -0.483 e. The number of nitrogens with zero attached hydrogens (tertiary/aromatic N) is 3. The molecule has 0 aliphatic carbocycles. The van der Waals surface area contributed by atoms with Crippen LogP contribution in [-0.4, -0.2) is 26.4 Å². The summed E-state index contributed by atoms with van der Waals surface area (Å²) in [5.41, 5.74) is 1.56. The lowest BCUT2D eigenvalue weighted by atomic mass is 10.3. The zero-order valence-corrected chi connectivity index (χ0v) is 17.3. The van der Waals surface area contributed by atoms with Crippen molar-refractivity contribution in [3.05, 3.63) is 96.6 Å². The molecule has 6 nitrogen and oxygen atoms in total. The second-order valence-electron chi connectivity index (χ2n) is 6.49. The molecule has 0 saturated heterocycles. The van der Waals surface area contributed by atoms with Crippen molar-refractivity contribution in [2.75, 3.05) is 11.1 Å². The van der Waals surface area contributed by atoms with Gasteiger partial charge in [-0.05, 0) is 36.4 Å². The van der Waals surface area contributed by atoms with Crippen LogP contribution < -0.4 is 10.1 Å². The summed E-state index contributed by atoms with van der Waals surface area (Å²) in [6.07, 6.45) is 0. The number of carbonyl (C=O) groups excluding carboxylic acids is 1. The zero-order chi connectivity index (χ0) is 21.5. The van der Waals surface area contributed by atoms with Gasteiger partial charge in [-0.25, -0.2) is 4.39 Å². The van der Waals surface area contributed by atoms with Gasteiger partial charge in [-0.3, -0.25) is 9.36 Å². The molecule has 8 heteroatoms. The molecular weight excluding hydrogens is 415 g/mol. The molecule has 0 radical (unpaired) electrons. The van der Waals surface area contributed by atoms with E-state index in [1.807, 2.05) is 60.7 Å². The molecule has 0 bridgehead atoms. The van der Waals surface area contributed by atoms with E-state index in [9.17, 15) is 9.18 Å². The Hall–Kier alpha value is -3.65. The first-order chi connectivity index (χ1) is 15.2. The van der Waals surface area contributed by atoms with Crippen molar-refractivity contribution < 1.29 is 13.9 Å². The van der Waals surface area contributed by atoms with Gasteiger partial charge in [-0.15, -0.1) is 10.2 Å². The number of benzene rings is 3. The number of ether oxygens (including phenoxy) is 1. The predicted octanol–water partition coefficient (Wildman–Crippen LogP) is 4.72. The number of anilines is 1. The molecule has 3 aromatic carbocycles. The van der Waals surface area contributed by atoms with E-state index in [0.29, 0.717) is 11.0 Å². The highest BCUT2D eigenvalue weighted by molar-refractivity contribution is 7.99. The van der Waals surface area contributed by atoms with E-state index in [1.54, 1.807) is 22.8 Å². The Labute approximate surface area is 183 Å². The number of aromatic nitrogens is 3. The maximum atomic E-state index is 13.9. The number of hydrogen-bond acceptors (Lipinski definition) is 5. The SMILES string of the molecule is O=C(CSc1nnc(COc2ccccc2F)n1-c1ccccc1)Nc1ccccc1. The van der Waals surface area contributed by atoms with Gasteiger partial charge in [0.2, 0.25) is 5.91 Å². The van der Waals surface area contributed by atoms with Crippen LogP contribution in [0.1, 0.15) is 5.82 Å². The number of halogens is 1. The first-order valence-electron chi connectivity index (χ1n) is 9.55. The fraction of sp³-hybridized carbons (Fsp3) is 0.0870. The van der Waals surface area contributed by atoms with Gasteiger partial charge in [0.1, 0.15) is 6.61 Å². The summed E-state index contributed by atoms with van der Waals surface area (Å²) in [4.78, 5) is 12.3. The molecule has 0 aliphatic rings. The van der Waals surface area contributed by atoms with Crippen LogP contribution >= 0.6 is 11.8 Å². The second-order valence-corrected chi connectivity index (χ2v) is 7.43. The smallest absolute Gasteiger partial charge is 0.234 e. The Bertz CT molecular complexity index is 1150. The predicted molar refractivity (Wildman–Crippen MR) is 118 cm³/mol. The second kappa shape index (κ2) is 9.90. The van der Waals surface area contributed by atoms with Crippen molar-refractivity contribution in [3.63, 3.8) is 0 Å². The highest BCUT2D eigenvalue weighted by Gasteiger charge is 2.17. The minimum absolute atomic E-state index is 0.0274. The van der Waals surface area contributed by atoms with Crippen LogP contribution in [0, 0.1) is 5.82 Å². The normalized spacial score (nSPS) is 10.6. The summed E-state index contributed by atoms with van der Waals surface area (Å²) in [5, 5.41) is 11.8. The molecule has 31 heavy (non-hydrogen) atoms. The van der Waals surface area contributed by atoms with E-state index in [4.69, 9.17) is 4.74 Å². The van der Waals surface area contributed by atoms with Crippen LogP contribution in [-0.2, 0) is 11.4 Å². The summed E-state index contributed by atoms with van der Waals surface area (Å²) in [7, 11) is 0. The number of para-hydroxylation sites is 3.